The highest BCUT2D eigenvalue weighted by atomic mass is 79.9. The average Bonchev–Trinajstić information content (AvgIpc) is 3.92. The number of hydrogen-bond donors (Lipinski definition) is 5. The number of rotatable bonds is 13. The minimum absolute atomic E-state index is 0.000486. The summed E-state index contributed by atoms with van der Waals surface area (Å²) >= 11 is 9.51. The number of hydrogen-bond acceptors (Lipinski definition) is 15. The number of benzene rings is 3. The van der Waals surface area contributed by atoms with Gasteiger partial charge in [0.15, 0.2) is 17.3 Å². The molecule has 1 fully saturated rings. The summed E-state index contributed by atoms with van der Waals surface area (Å²) in [6.07, 6.45) is 5.03. The number of methoxy groups -OCH3 is 1. The number of nitrogens with one attached hydrogen (secondary N) is 3. The first-order valence-corrected chi connectivity index (χ1v) is 20.6. The van der Waals surface area contributed by atoms with Crippen LogP contribution in [0.4, 0.5) is 27.5 Å². The number of carbonyl (C=O) groups is 2. The van der Waals surface area contributed by atoms with Gasteiger partial charge in [0, 0.05) is 62.0 Å². The molecule has 5 heterocycles. The monoisotopic (exact) mass is 936 g/mol. The van der Waals surface area contributed by atoms with Crippen molar-refractivity contribution in [1.82, 2.24) is 39.5 Å². The Labute approximate surface area is 367 Å². The van der Waals surface area contributed by atoms with E-state index in [1.165, 1.54) is 24.8 Å². The van der Waals surface area contributed by atoms with E-state index >= 15 is 4.39 Å². The molecule has 6 N–H and O–H groups in total. The van der Waals surface area contributed by atoms with Gasteiger partial charge < -0.3 is 40.3 Å². The highest BCUT2D eigenvalue weighted by Crippen LogP contribution is 2.38. The maximum Gasteiger partial charge on any atom is 0.283 e. The third-order valence-corrected chi connectivity index (χ3v) is 10.6. The molecule has 6 aromatic rings. The first kappa shape index (κ1) is 44.1. The number of halogens is 3. The van der Waals surface area contributed by atoms with Gasteiger partial charge in [-0.15, -0.1) is 0 Å². The SMILES string of the molecule is COc1c(OCCCN2CCOCC2)ccc2c3n(c(=NC(=O)c4cnc(N)nc4)nc12)CCN3.Cn1cnc2c(F)c(Nc3ccc(Br)cc3Cl)c(C(=O)NOCCO)cc21. The molecule has 22 heteroatoms. The van der Waals surface area contributed by atoms with Crippen molar-refractivity contribution in [2.75, 3.05) is 82.7 Å². The molecule has 3 aromatic carbocycles. The Morgan fingerprint density at radius 1 is 1.10 bits per heavy atom. The smallest absolute Gasteiger partial charge is 0.283 e. The van der Waals surface area contributed by atoms with Gasteiger partial charge in [0.2, 0.25) is 11.6 Å². The van der Waals surface area contributed by atoms with Crippen molar-refractivity contribution in [2.45, 2.75) is 13.0 Å². The summed E-state index contributed by atoms with van der Waals surface area (Å²) in [5.74, 6) is 0.139. The Morgan fingerprint density at radius 3 is 2.63 bits per heavy atom. The molecule has 0 saturated carbocycles. The number of ether oxygens (including phenoxy) is 3. The molecule has 0 bridgehead atoms. The Bertz CT molecular complexity index is 2660. The lowest BCUT2D eigenvalue weighted by Crippen LogP contribution is -2.37. The zero-order valence-electron chi connectivity index (χ0n) is 33.7. The van der Waals surface area contributed by atoms with E-state index in [-0.39, 0.29) is 47.1 Å². The van der Waals surface area contributed by atoms with E-state index in [4.69, 9.17) is 46.5 Å². The van der Waals surface area contributed by atoms with Crippen LogP contribution in [0.3, 0.4) is 0 Å². The number of nitrogens with two attached hydrogens (primary N) is 1. The van der Waals surface area contributed by atoms with Crippen LogP contribution in [0.1, 0.15) is 27.1 Å². The normalized spacial score (nSPS) is 13.9. The summed E-state index contributed by atoms with van der Waals surface area (Å²) in [5.41, 5.74) is 9.64. The number of amides is 2. The van der Waals surface area contributed by atoms with E-state index in [2.05, 4.69) is 56.9 Å². The predicted molar refractivity (Wildman–Crippen MR) is 232 cm³/mol. The van der Waals surface area contributed by atoms with Crippen molar-refractivity contribution in [3.8, 4) is 11.5 Å². The Morgan fingerprint density at radius 2 is 1.89 bits per heavy atom. The van der Waals surface area contributed by atoms with Crippen LogP contribution >= 0.6 is 27.5 Å². The number of morpholine rings is 1. The van der Waals surface area contributed by atoms with Gasteiger partial charge in [-0.2, -0.15) is 4.99 Å². The largest absolute Gasteiger partial charge is 0.491 e. The maximum absolute atomic E-state index is 15.1. The molecular formula is C40H43BrClFN12O7. The molecule has 1 saturated heterocycles. The number of anilines is 4. The molecule has 19 nitrogen and oxygen atoms in total. The van der Waals surface area contributed by atoms with Gasteiger partial charge in [0.1, 0.15) is 16.9 Å². The highest BCUT2D eigenvalue weighted by Gasteiger charge is 2.24. The molecule has 8 rings (SSSR count). The molecule has 2 aliphatic rings. The molecule has 0 atom stereocenters. The summed E-state index contributed by atoms with van der Waals surface area (Å²) in [5, 5.41) is 16.2. The lowest BCUT2D eigenvalue weighted by Gasteiger charge is -2.26. The molecule has 2 amide bonds. The average molecular weight is 938 g/mol. The number of aromatic nitrogens is 6. The third kappa shape index (κ3) is 10.0. The maximum atomic E-state index is 15.1. The fourth-order valence-corrected chi connectivity index (χ4v) is 7.43. The first-order chi connectivity index (χ1) is 30.1. The van der Waals surface area contributed by atoms with Crippen LogP contribution in [0.2, 0.25) is 5.02 Å². The Hall–Kier alpha value is -5.97. The van der Waals surface area contributed by atoms with Gasteiger partial charge in [0.05, 0.1) is 79.5 Å². The van der Waals surface area contributed by atoms with Crippen molar-refractivity contribution >= 4 is 84.4 Å². The standard InChI is InChI=1S/C23H28N8O4.C17H15BrClFN4O3/c1-33-19-17(35-10-2-6-30-8-11-34-12-9-30)4-3-16-18(19)28-23(31-7-5-25-20(16)31)29-21(32)15-13-26-22(24)27-14-15;1-24-8-21-16-13(24)7-10(17(26)23-27-5-4-25)15(14(16)20)22-12-3-2-9(18)6-11(12)19/h3-4,13-14,25H,2,5-12H2,1H3,(H2,24,26,27);2-3,6-8,22,25H,4-5H2,1H3,(H,23,26). The van der Waals surface area contributed by atoms with E-state index in [9.17, 15) is 9.59 Å². The molecule has 3 aromatic heterocycles. The van der Waals surface area contributed by atoms with Crippen LogP contribution in [0, 0.1) is 5.82 Å². The summed E-state index contributed by atoms with van der Waals surface area (Å²) in [6, 6.07) is 10.4. The van der Waals surface area contributed by atoms with E-state index in [1.807, 2.05) is 16.7 Å². The highest BCUT2D eigenvalue weighted by molar-refractivity contribution is 9.10. The summed E-state index contributed by atoms with van der Waals surface area (Å²) < 4.78 is 36.5. The minimum Gasteiger partial charge on any atom is -0.491 e. The first-order valence-electron chi connectivity index (χ1n) is 19.4. The molecule has 0 radical (unpaired) electrons. The van der Waals surface area contributed by atoms with Crippen molar-refractivity contribution in [3.63, 3.8) is 0 Å². The van der Waals surface area contributed by atoms with Gasteiger partial charge in [-0.05, 0) is 42.8 Å². The van der Waals surface area contributed by atoms with Crippen LogP contribution in [0.15, 0.2) is 64.6 Å². The van der Waals surface area contributed by atoms with Crippen LogP contribution in [-0.2, 0) is 23.2 Å². The van der Waals surface area contributed by atoms with Crippen LogP contribution in [-0.4, -0.2) is 117 Å². The Kier molecular flexibility index (Phi) is 14.4. The molecule has 0 unspecified atom stereocenters. The zero-order valence-corrected chi connectivity index (χ0v) is 36.0. The van der Waals surface area contributed by atoms with Gasteiger partial charge >= 0.3 is 0 Å². The fraction of sp³-hybridized carbons (Fsp3) is 0.325. The van der Waals surface area contributed by atoms with Crippen molar-refractivity contribution in [3.05, 3.63) is 87.2 Å². The lowest BCUT2D eigenvalue weighted by molar-refractivity contribution is 0.0169. The molecule has 62 heavy (non-hydrogen) atoms. The number of aliphatic hydroxyl groups is 1. The van der Waals surface area contributed by atoms with Crippen LogP contribution < -0.4 is 36.9 Å². The van der Waals surface area contributed by atoms with Gasteiger partial charge in [-0.1, -0.05) is 27.5 Å². The topological polar surface area (TPSA) is 230 Å². The summed E-state index contributed by atoms with van der Waals surface area (Å²) in [6.45, 7) is 5.92. The molecule has 326 valence electrons. The second-order valence-electron chi connectivity index (χ2n) is 13.8. The van der Waals surface area contributed by atoms with Crippen LogP contribution in [0.25, 0.3) is 21.9 Å². The molecular weight excluding hydrogens is 895 g/mol. The molecule has 0 aliphatic carbocycles. The van der Waals surface area contributed by atoms with E-state index in [1.54, 1.807) is 36.9 Å². The number of fused-ring (bicyclic) bond motifs is 4. The van der Waals surface area contributed by atoms with Gasteiger partial charge in [-0.25, -0.2) is 29.8 Å². The second kappa shape index (κ2) is 20.3. The Balaban J connectivity index is 0.000000193. The third-order valence-electron chi connectivity index (χ3n) is 9.76. The number of nitrogen functional groups attached to an aromatic ring is 1. The predicted octanol–water partition coefficient (Wildman–Crippen LogP) is 4.21. The van der Waals surface area contributed by atoms with Crippen molar-refractivity contribution in [2.24, 2.45) is 12.0 Å². The lowest BCUT2D eigenvalue weighted by atomic mass is 10.1. The van der Waals surface area contributed by atoms with Crippen molar-refractivity contribution in [1.29, 1.82) is 0 Å². The number of aryl methyl sites for hydroxylation is 1. The molecule has 2 aliphatic heterocycles. The number of carbonyl (C=O) groups excluding carboxylic acids is 2. The second-order valence-corrected chi connectivity index (χ2v) is 15.1. The van der Waals surface area contributed by atoms with E-state index in [0.717, 1.165) is 54.9 Å². The molecule has 0 spiro atoms. The minimum atomic E-state index is -0.695. The van der Waals surface area contributed by atoms with Crippen LogP contribution in [0.5, 0.6) is 11.5 Å². The van der Waals surface area contributed by atoms with Gasteiger partial charge in [-0.3, -0.25) is 23.9 Å². The zero-order chi connectivity index (χ0) is 43.8. The number of hydroxylamine groups is 1. The number of nitrogens with zero attached hydrogens (tertiary/aromatic N) is 8. The summed E-state index contributed by atoms with van der Waals surface area (Å²) in [4.78, 5) is 53.2. The van der Waals surface area contributed by atoms with Crippen molar-refractivity contribution < 1.29 is 38.1 Å². The number of aliphatic hydroxyl groups excluding tert-OH is 1. The van der Waals surface area contributed by atoms with E-state index < -0.39 is 17.6 Å². The van der Waals surface area contributed by atoms with Gasteiger partial charge in [0.25, 0.3) is 11.8 Å². The number of imidazole rings is 1. The van der Waals surface area contributed by atoms with E-state index in [0.29, 0.717) is 52.9 Å². The quantitative estimate of drug-likeness (QED) is 0.0807. The summed E-state index contributed by atoms with van der Waals surface area (Å²) in [7, 11) is 3.27. The fourth-order valence-electron chi connectivity index (χ4n) is 6.71.